The molecule has 5 heteroatoms. The maximum Gasteiger partial charge on any atom is 0.124 e. The molecule has 2 aromatic rings. The molecule has 2 N–H and O–H groups in total. The van der Waals surface area contributed by atoms with Crippen LogP contribution < -0.4 is 10.5 Å². The lowest BCUT2D eigenvalue weighted by molar-refractivity contribution is 0.302. The van der Waals surface area contributed by atoms with Gasteiger partial charge in [0.05, 0.1) is 0 Å². The molecule has 0 atom stereocenters. The molecule has 0 aliphatic carbocycles. The van der Waals surface area contributed by atoms with Crippen LogP contribution in [0.5, 0.6) is 5.75 Å². The standard InChI is InChI=1S/C15H14Br2FNO/c16-12-2-4-15(10(7-12)5-6-19)20-9-11-1-3-13(18)8-14(11)17/h1-4,7-8H,5-6,9,19H2. The summed E-state index contributed by atoms with van der Waals surface area (Å²) in [7, 11) is 0. The summed E-state index contributed by atoms with van der Waals surface area (Å²) in [6.45, 7) is 0.938. The minimum atomic E-state index is -0.270. The van der Waals surface area contributed by atoms with Gasteiger partial charge in [0.25, 0.3) is 0 Å². The summed E-state index contributed by atoms with van der Waals surface area (Å²) in [5, 5.41) is 0. The SMILES string of the molecule is NCCc1cc(Br)ccc1OCc1ccc(F)cc1Br. The summed E-state index contributed by atoms with van der Waals surface area (Å²) in [6, 6.07) is 10.4. The first-order valence-electron chi connectivity index (χ1n) is 6.15. The van der Waals surface area contributed by atoms with Crippen LogP contribution in [0.1, 0.15) is 11.1 Å². The highest BCUT2D eigenvalue weighted by Gasteiger charge is 2.07. The van der Waals surface area contributed by atoms with Crippen molar-refractivity contribution in [1.82, 2.24) is 0 Å². The molecule has 0 aliphatic heterocycles. The van der Waals surface area contributed by atoms with Gasteiger partial charge in [0.2, 0.25) is 0 Å². The van der Waals surface area contributed by atoms with E-state index in [0.717, 1.165) is 27.8 Å². The summed E-state index contributed by atoms with van der Waals surface area (Å²) in [5.74, 6) is 0.531. The van der Waals surface area contributed by atoms with Crippen LogP contribution in [0, 0.1) is 5.82 Å². The van der Waals surface area contributed by atoms with E-state index < -0.39 is 0 Å². The van der Waals surface area contributed by atoms with Crippen molar-refractivity contribution < 1.29 is 9.13 Å². The van der Waals surface area contributed by atoms with Crippen LogP contribution >= 0.6 is 31.9 Å². The van der Waals surface area contributed by atoms with Gasteiger partial charge in [-0.1, -0.05) is 37.9 Å². The monoisotopic (exact) mass is 401 g/mol. The Labute approximate surface area is 134 Å². The molecule has 0 saturated heterocycles. The average Bonchev–Trinajstić information content (AvgIpc) is 2.40. The van der Waals surface area contributed by atoms with E-state index in [1.165, 1.54) is 12.1 Å². The fraction of sp³-hybridized carbons (Fsp3) is 0.200. The molecular formula is C15H14Br2FNO. The van der Waals surface area contributed by atoms with E-state index in [0.29, 0.717) is 17.6 Å². The van der Waals surface area contributed by atoms with E-state index >= 15 is 0 Å². The summed E-state index contributed by atoms with van der Waals surface area (Å²) in [5.41, 5.74) is 7.56. The van der Waals surface area contributed by atoms with Gasteiger partial charge >= 0.3 is 0 Å². The highest BCUT2D eigenvalue weighted by Crippen LogP contribution is 2.26. The molecule has 2 nitrogen and oxygen atoms in total. The van der Waals surface area contributed by atoms with E-state index in [2.05, 4.69) is 31.9 Å². The first-order chi connectivity index (χ1) is 9.60. The zero-order chi connectivity index (χ0) is 14.5. The van der Waals surface area contributed by atoms with E-state index in [9.17, 15) is 4.39 Å². The van der Waals surface area contributed by atoms with Gasteiger partial charge in [0, 0.05) is 14.5 Å². The first kappa shape index (κ1) is 15.5. The molecule has 0 saturated carbocycles. The quantitative estimate of drug-likeness (QED) is 0.802. The third-order valence-corrected chi connectivity index (χ3v) is 4.07. The number of hydrogen-bond donors (Lipinski definition) is 1. The molecule has 0 spiro atoms. The van der Waals surface area contributed by atoms with Crippen LogP contribution in [0.4, 0.5) is 4.39 Å². The third kappa shape index (κ3) is 4.04. The van der Waals surface area contributed by atoms with Crippen LogP contribution in [-0.4, -0.2) is 6.54 Å². The van der Waals surface area contributed by atoms with Gasteiger partial charge < -0.3 is 10.5 Å². The summed E-state index contributed by atoms with van der Waals surface area (Å²) in [6.07, 6.45) is 0.749. The lowest BCUT2D eigenvalue weighted by atomic mass is 10.1. The van der Waals surface area contributed by atoms with Crippen LogP contribution in [0.3, 0.4) is 0 Å². The smallest absolute Gasteiger partial charge is 0.124 e. The van der Waals surface area contributed by atoms with Crippen LogP contribution in [-0.2, 0) is 13.0 Å². The number of ether oxygens (including phenoxy) is 1. The number of hydrogen-bond acceptors (Lipinski definition) is 2. The summed E-state index contributed by atoms with van der Waals surface area (Å²) >= 11 is 6.77. The number of benzene rings is 2. The second kappa shape index (κ2) is 7.20. The Balaban J connectivity index is 2.14. The third-order valence-electron chi connectivity index (χ3n) is 2.83. The zero-order valence-corrected chi connectivity index (χ0v) is 13.9. The highest BCUT2D eigenvalue weighted by molar-refractivity contribution is 9.10. The Morgan fingerprint density at radius 1 is 1.05 bits per heavy atom. The largest absolute Gasteiger partial charge is 0.489 e. The maximum atomic E-state index is 13.0. The van der Waals surface area contributed by atoms with Gasteiger partial charge in [0.1, 0.15) is 18.2 Å². The highest BCUT2D eigenvalue weighted by atomic mass is 79.9. The van der Waals surface area contributed by atoms with Gasteiger partial charge in [-0.15, -0.1) is 0 Å². The average molecular weight is 403 g/mol. The van der Waals surface area contributed by atoms with Gasteiger partial charge in [-0.2, -0.15) is 0 Å². The van der Waals surface area contributed by atoms with Crippen molar-refractivity contribution in [2.75, 3.05) is 6.54 Å². The molecule has 0 bridgehead atoms. The molecule has 0 heterocycles. The Bertz CT molecular complexity index is 604. The Kier molecular flexibility index (Phi) is 5.57. The molecule has 0 radical (unpaired) electrons. The molecule has 106 valence electrons. The van der Waals surface area contributed by atoms with Crippen LogP contribution in [0.25, 0.3) is 0 Å². The maximum absolute atomic E-state index is 13.0. The Morgan fingerprint density at radius 3 is 2.55 bits per heavy atom. The van der Waals surface area contributed by atoms with Crippen molar-refractivity contribution in [3.63, 3.8) is 0 Å². The van der Waals surface area contributed by atoms with Gasteiger partial charge in [-0.05, 0) is 48.9 Å². The van der Waals surface area contributed by atoms with Crippen LogP contribution in [0.15, 0.2) is 45.3 Å². The molecule has 0 fully saturated rings. The molecule has 0 aromatic heterocycles. The molecule has 0 amide bonds. The minimum Gasteiger partial charge on any atom is -0.489 e. The minimum absolute atomic E-state index is 0.270. The molecule has 2 aromatic carbocycles. The lowest BCUT2D eigenvalue weighted by Crippen LogP contribution is -2.06. The molecular weight excluding hydrogens is 389 g/mol. The molecule has 20 heavy (non-hydrogen) atoms. The number of rotatable bonds is 5. The first-order valence-corrected chi connectivity index (χ1v) is 7.74. The number of nitrogens with two attached hydrogens (primary N) is 1. The Hall–Kier alpha value is -0.910. The Morgan fingerprint density at radius 2 is 1.85 bits per heavy atom. The second-order valence-electron chi connectivity index (χ2n) is 4.32. The van der Waals surface area contributed by atoms with E-state index in [4.69, 9.17) is 10.5 Å². The van der Waals surface area contributed by atoms with Crippen molar-refractivity contribution in [2.24, 2.45) is 5.73 Å². The number of halogens is 3. The fourth-order valence-corrected chi connectivity index (χ4v) is 2.71. The summed E-state index contributed by atoms with van der Waals surface area (Å²) < 4.78 is 20.6. The summed E-state index contributed by atoms with van der Waals surface area (Å²) in [4.78, 5) is 0. The molecule has 0 aliphatic rings. The topological polar surface area (TPSA) is 35.2 Å². The van der Waals surface area contributed by atoms with Crippen molar-refractivity contribution in [1.29, 1.82) is 0 Å². The lowest BCUT2D eigenvalue weighted by Gasteiger charge is -2.12. The van der Waals surface area contributed by atoms with Crippen molar-refractivity contribution in [3.05, 3.63) is 62.3 Å². The van der Waals surface area contributed by atoms with Crippen LogP contribution in [0.2, 0.25) is 0 Å². The second-order valence-corrected chi connectivity index (χ2v) is 6.09. The van der Waals surface area contributed by atoms with E-state index in [1.807, 2.05) is 18.2 Å². The van der Waals surface area contributed by atoms with Gasteiger partial charge in [-0.25, -0.2) is 4.39 Å². The zero-order valence-electron chi connectivity index (χ0n) is 10.7. The van der Waals surface area contributed by atoms with E-state index in [-0.39, 0.29) is 5.82 Å². The fourth-order valence-electron chi connectivity index (χ4n) is 1.83. The van der Waals surface area contributed by atoms with Crippen molar-refractivity contribution >= 4 is 31.9 Å². The van der Waals surface area contributed by atoms with E-state index in [1.54, 1.807) is 6.07 Å². The normalized spacial score (nSPS) is 10.6. The molecule has 0 unspecified atom stereocenters. The van der Waals surface area contributed by atoms with Crippen molar-refractivity contribution in [2.45, 2.75) is 13.0 Å². The predicted octanol–water partition coefficient (Wildman–Crippen LogP) is 4.43. The predicted molar refractivity (Wildman–Crippen MR) is 85.3 cm³/mol. The van der Waals surface area contributed by atoms with Gasteiger partial charge in [0.15, 0.2) is 0 Å². The van der Waals surface area contributed by atoms with Gasteiger partial charge in [-0.3, -0.25) is 0 Å². The molecule has 2 rings (SSSR count). The van der Waals surface area contributed by atoms with Crippen molar-refractivity contribution in [3.8, 4) is 5.75 Å².